The second-order valence-electron chi connectivity index (χ2n) is 11.4. The third-order valence-electron chi connectivity index (χ3n) is 8.81. The first-order chi connectivity index (χ1) is 16.2. The van der Waals surface area contributed by atoms with Crippen LogP contribution in [0.25, 0.3) is 0 Å². The Balaban J connectivity index is 3.15. The highest BCUT2D eigenvalue weighted by atomic mass is 28.3. The zero-order valence-corrected chi connectivity index (χ0v) is 25.3. The van der Waals surface area contributed by atoms with Gasteiger partial charge >= 0.3 is 0 Å². The van der Waals surface area contributed by atoms with Crippen LogP contribution in [0.1, 0.15) is 182 Å². The van der Waals surface area contributed by atoms with Crippen LogP contribution < -0.4 is 0 Å². The highest BCUT2D eigenvalue weighted by molar-refractivity contribution is 6.79. The fourth-order valence-electron chi connectivity index (χ4n) is 5.74. The van der Waals surface area contributed by atoms with Crippen LogP contribution in [-0.4, -0.2) is 8.07 Å². The molecule has 0 saturated heterocycles. The first-order valence-corrected chi connectivity index (χ1v) is 19.1. The molecule has 0 aliphatic heterocycles. The predicted molar refractivity (Wildman–Crippen MR) is 158 cm³/mol. The molecule has 0 spiro atoms. The van der Waals surface area contributed by atoms with Crippen LogP contribution in [0, 0.1) is 0 Å². The van der Waals surface area contributed by atoms with Crippen LogP contribution in [0.2, 0.25) is 24.2 Å². The number of rotatable bonds is 28. The molecule has 0 bridgehead atoms. The summed E-state index contributed by atoms with van der Waals surface area (Å²) in [6, 6.07) is 6.15. The monoisotopic (exact) mass is 481 g/mol. The zero-order chi connectivity index (χ0) is 24.3. The lowest BCUT2D eigenvalue weighted by atomic mass is 10.0. The van der Waals surface area contributed by atoms with Crippen LogP contribution in [-0.2, 0) is 0 Å². The Kier molecular flexibility index (Phi) is 27.0. The van der Waals surface area contributed by atoms with Crippen molar-refractivity contribution >= 4 is 8.07 Å². The molecule has 0 fully saturated rings. The van der Waals surface area contributed by atoms with E-state index in [1.54, 1.807) is 6.04 Å². The number of unbranched alkanes of at least 4 members (excludes halogenated alkanes) is 23. The Morgan fingerprint density at radius 1 is 0.273 bits per heavy atom. The molecule has 1 heteroatoms. The number of hydrogen-bond acceptors (Lipinski definition) is 0. The van der Waals surface area contributed by atoms with E-state index in [1.165, 1.54) is 172 Å². The fraction of sp³-hybridized carbons (Fsp3) is 1.00. The van der Waals surface area contributed by atoms with Gasteiger partial charge in [-0.05, 0) is 0 Å². The van der Waals surface area contributed by atoms with Crippen LogP contribution >= 0.6 is 0 Å². The van der Waals surface area contributed by atoms with Gasteiger partial charge in [0.1, 0.15) is 0 Å². The highest BCUT2D eigenvalue weighted by Gasteiger charge is 2.25. The molecule has 0 saturated carbocycles. The molecule has 33 heavy (non-hydrogen) atoms. The van der Waals surface area contributed by atoms with E-state index in [2.05, 4.69) is 27.7 Å². The molecular formula is C32H68Si. The second-order valence-corrected chi connectivity index (χ2v) is 17.1. The van der Waals surface area contributed by atoms with E-state index in [9.17, 15) is 0 Å². The second kappa shape index (κ2) is 26.8. The van der Waals surface area contributed by atoms with Crippen LogP contribution in [0.15, 0.2) is 0 Å². The summed E-state index contributed by atoms with van der Waals surface area (Å²) in [5, 5.41) is 0. The molecule has 0 aromatic rings. The lowest BCUT2D eigenvalue weighted by Gasteiger charge is -2.28. The third kappa shape index (κ3) is 22.4. The Bertz CT molecular complexity index is 338. The minimum Gasteiger partial charge on any atom is -0.0678 e. The van der Waals surface area contributed by atoms with Gasteiger partial charge in [0, 0.05) is 0 Å². The SMILES string of the molecule is CCCCCCCCCCCCCCCCCCCCCCCCCC[Si](CC)(CC)CC. The quantitative estimate of drug-likeness (QED) is 0.0771. The van der Waals surface area contributed by atoms with Gasteiger partial charge in [-0.15, -0.1) is 0 Å². The van der Waals surface area contributed by atoms with Gasteiger partial charge in [0.05, 0.1) is 8.07 Å². The average molecular weight is 481 g/mol. The zero-order valence-electron chi connectivity index (χ0n) is 24.3. The van der Waals surface area contributed by atoms with Crippen molar-refractivity contribution in [1.82, 2.24) is 0 Å². The average Bonchev–Trinajstić information content (AvgIpc) is 2.84. The molecule has 0 unspecified atom stereocenters. The molecule has 0 nitrogen and oxygen atoms in total. The smallest absolute Gasteiger partial charge is 0.0527 e. The fourth-order valence-corrected chi connectivity index (χ4v) is 9.30. The third-order valence-corrected chi connectivity index (χ3v) is 14.7. The van der Waals surface area contributed by atoms with Crippen molar-refractivity contribution in [2.24, 2.45) is 0 Å². The normalized spacial score (nSPS) is 12.0. The molecule has 0 heterocycles. The predicted octanol–water partition coefficient (Wildman–Crippen LogP) is 12.9. The standard InChI is InChI=1S/C32H68Si/c1-5-9-10-11-12-13-14-15-16-17-18-19-20-21-22-23-24-25-26-27-28-29-30-31-32-33(6-2,7-3)8-4/h5-32H2,1-4H3. The van der Waals surface area contributed by atoms with Crippen LogP contribution in [0.5, 0.6) is 0 Å². The molecule has 200 valence electrons. The van der Waals surface area contributed by atoms with E-state index < -0.39 is 8.07 Å². The summed E-state index contributed by atoms with van der Waals surface area (Å²) >= 11 is 0. The van der Waals surface area contributed by atoms with Gasteiger partial charge in [-0.25, -0.2) is 0 Å². The summed E-state index contributed by atoms with van der Waals surface area (Å²) in [5.41, 5.74) is 0. The first-order valence-electron chi connectivity index (χ1n) is 16.2. The Labute approximate surface area is 213 Å². The van der Waals surface area contributed by atoms with E-state index >= 15 is 0 Å². The molecule has 0 aliphatic rings. The van der Waals surface area contributed by atoms with Gasteiger partial charge in [0.15, 0.2) is 0 Å². The van der Waals surface area contributed by atoms with Gasteiger partial charge in [-0.2, -0.15) is 0 Å². The van der Waals surface area contributed by atoms with E-state index in [1.807, 2.05) is 0 Å². The summed E-state index contributed by atoms with van der Waals surface area (Å²) in [7, 11) is -0.836. The lowest BCUT2D eigenvalue weighted by molar-refractivity contribution is 0.517. The highest BCUT2D eigenvalue weighted by Crippen LogP contribution is 2.27. The summed E-state index contributed by atoms with van der Waals surface area (Å²) in [6.45, 7) is 9.68. The molecule has 0 rings (SSSR count). The Morgan fingerprint density at radius 2 is 0.485 bits per heavy atom. The topological polar surface area (TPSA) is 0 Å². The van der Waals surface area contributed by atoms with Gasteiger partial charge in [-0.1, -0.05) is 206 Å². The molecule has 0 aromatic carbocycles. The summed E-state index contributed by atoms with van der Waals surface area (Å²) < 4.78 is 0. The van der Waals surface area contributed by atoms with E-state index in [4.69, 9.17) is 0 Å². The number of hydrogen-bond donors (Lipinski definition) is 0. The summed E-state index contributed by atoms with van der Waals surface area (Å²) in [6.07, 6.45) is 35.7. The minimum absolute atomic E-state index is 0.836. The molecule has 0 aromatic heterocycles. The molecule has 0 aliphatic carbocycles. The maximum atomic E-state index is 2.46. The van der Waals surface area contributed by atoms with Crippen molar-refractivity contribution in [2.75, 3.05) is 0 Å². The first kappa shape index (κ1) is 33.2. The molecule has 0 atom stereocenters. The van der Waals surface area contributed by atoms with Crippen LogP contribution in [0.3, 0.4) is 0 Å². The van der Waals surface area contributed by atoms with Crippen molar-refractivity contribution in [2.45, 2.75) is 206 Å². The summed E-state index contributed by atoms with van der Waals surface area (Å²) in [5.74, 6) is 0. The van der Waals surface area contributed by atoms with E-state index in [-0.39, 0.29) is 0 Å². The van der Waals surface area contributed by atoms with Crippen molar-refractivity contribution in [3.63, 3.8) is 0 Å². The largest absolute Gasteiger partial charge is 0.0678 e. The van der Waals surface area contributed by atoms with Gasteiger partial charge < -0.3 is 0 Å². The maximum absolute atomic E-state index is 2.46. The van der Waals surface area contributed by atoms with Gasteiger partial charge in [0.25, 0.3) is 0 Å². The Morgan fingerprint density at radius 3 is 0.697 bits per heavy atom. The summed E-state index contributed by atoms with van der Waals surface area (Å²) in [4.78, 5) is 0. The molecule has 0 radical (unpaired) electrons. The molecule has 0 amide bonds. The maximum Gasteiger partial charge on any atom is 0.0527 e. The van der Waals surface area contributed by atoms with Crippen molar-refractivity contribution in [3.8, 4) is 0 Å². The van der Waals surface area contributed by atoms with E-state index in [0.717, 1.165) is 0 Å². The van der Waals surface area contributed by atoms with Crippen molar-refractivity contribution in [3.05, 3.63) is 0 Å². The van der Waals surface area contributed by atoms with Crippen molar-refractivity contribution < 1.29 is 0 Å². The van der Waals surface area contributed by atoms with Crippen molar-refractivity contribution in [1.29, 1.82) is 0 Å². The van der Waals surface area contributed by atoms with Crippen LogP contribution in [0.4, 0.5) is 0 Å². The molecule has 0 N–H and O–H groups in total. The van der Waals surface area contributed by atoms with Gasteiger partial charge in [0.2, 0.25) is 0 Å². The van der Waals surface area contributed by atoms with E-state index in [0.29, 0.717) is 0 Å². The minimum atomic E-state index is -0.836. The Hall–Kier alpha value is 0.217. The van der Waals surface area contributed by atoms with Gasteiger partial charge in [-0.3, -0.25) is 0 Å². The molecular weight excluding hydrogens is 412 g/mol. The lowest BCUT2D eigenvalue weighted by Crippen LogP contribution is -2.30.